The van der Waals surface area contributed by atoms with E-state index in [1.54, 1.807) is 0 Å². The van der Waals surface area contributed by atoms with Gasteiger partial charge in [0.1, 0.15) is 0 Å². The summed E-state index contributed by atoms with van der Waals surface area (Å²) in [5.74, 6) is 1.07. The Labute approximate surface area is 97.6 Å². The van der Waals surface area contributed by atoms with Gasteiger partial charge in [0.2, 0.25) is 5.91 Å². The molecule has 0 aromatic rings. The standard InChI is InChI=1S/C12H23N3O/c13-11-4-7-15(8-5-11)9-12(16)14-6-3-10-1-2-10/h10-11H,1-9,13H2,(H,14,16). The van der Waals surface area contributed by atoms with Crippen LogP contribution in [0.4, 0.5) is 0 Å². The molecule has 92 valence electrons. The number of amides is 1. The average molecular weight is 225 g/mol. The third kappa shape index (κ3) is 4.10. The molecule has 1 aliphatic carbocycles. The summed E-state index contributed by atoms with van der Waals surface area (Å²) >= 11 is 0. The lowest BCUT2D eigenvalue weighted by atomic mass is 10.1. The van der Waals surface area contributed by atoms with Crippen LogP contribution in [-0.4, -0.2) is 43.0 Å². The molecule has 0 unspecified atom stereocenters. The van der Waals surface area contributed by atoms with Gasteiger partial charge in [-0.3, -0.25) is 9.69 Å². The largest absolute Gasteiger partial charge is 0.355 e. The monoisotopic (exact) mass is 225 g/mol. The summed E-state index contributed by atoms with van der Waals surface area (Å²) in [6, 6.07) is 0.342. The van der Waals surface area contributed by atoms with E-state index in [0.717, 1.165) is 44.8 Å². The van der Waals surface area contributed by atoms with Crippen LogP contribution in [-0.2, 0) is 4.79 Å². The molecule has 0 atom stereocenters. The van der Waals surface area contributed by atoms with E-state index < -0.39 is 0 Å². The molecule has 0 aromatic heterocycles. The number of likely N-dealkylation sites (tertiary alicyclic amines) is 1. The molecule has 1 aliphatic heterocycles. The van der Waals surface area contributed by atoms with E-state index in [-0.39, 0.29) is 5.91 Å². The predicted octanol–water partition coefficient (Wildman–Crippen LogP) is 0.326. The second-order valence-corrected chi connectivity index (χ2v) is 5.20. The van der Waals surface area contributed by atoms with Crippen LogP contribution < -0.4 is 11.1 Å². The minimum atomic E-state index is 0.177. The number of piperidine rings is 1. The van der Waals surface area contributed by atoms with Crippen LogP contribution >= 0.6 is 0 Å². The Morgan fingerprint density at radius 1 is 1.25 bits per heavy atom. The number of hydrogen-bond donors (Lipinski definition) is 2. The van der Waals surface area contributed by atoms with Crippen molar-refractivity contribution < 1.29 is 4.79 Å². The summed E-state index contributed by atoms with van der Waals surface area (Å²) in [4.78, 5) is 13.8. The number of carbonyl (C=O) groups is 1. The fraction of sp³-hybridized carbons (Fsp3) is 0.917. The van der Waals surface area contributed by atoms with Gasteiger partial charge < -0.3 is 11.1 Å². The van der Waals surface area contributed by atoms with Crippen molar-refractivity contribution >= 4 is 5.91 Å². The number of nitrogens with one attached hydrogen (secondary N) is 1. The number of hydrogen-bond acceptors (Lipinski definition) is 3. The van der Waals surface area contributed by atoms with Gasteiger partial charge in [0.05, 0.1) is 6.54 Å². The van der Waals surface area contributed by atoms with Gasteiger partial charge in [-0.15, -0.1) is 0 Å². The minimum Gasteiger partial charge on any atom is -0.355 e. The Kier molecular flexibility index (Phi) is 4.18. The molecule has 2 aliphatic rings. The summed E-state index contributed by atoms with van der Waals surface area (Å²) < 4.78 is 0. The first kappa shape index (κ1) is 11.9. The smallest absolute Gasteiger partial charge is 0.234 e. The highest BCUT2D eigenvalue weighted by Gasteiger charge is 2.21. The van der Waals surface area contributed by atoms with Crippen molar-refractivity contribution in [3.8, 4) is 0 Å². The fourth-order valence-corrected chi connectivity index (χ4v) is 2.19. The maximum Gasteiger partial charge on any atom is 0.234 e. The Bertz CT molecular complexity index is 232. The third-order valence-corrected chi connectivity index (χ3v) is 3.57. The van der Waals surface area contributed by atoms with Crippen molar-refractivity contribution in [2.45, 2.75) is 38.1 Å². The third-order valence-electron chi connectivity index (χ3n) is 3.57. The summed E-state index contributed by atoms with van der Waals surface area (Å²) in [5, 5.41) is 3.00. The zero-order valence-corrected chi connectivity index (χ0v) is 9.95. The predicted molar refractivity (Wildman–Crippen MR) is 64.0 cm³/mol. The average Bonchev–Trinajstić information content (AvgIpc) is 3.05. The number of nitrogens with zero attached hydrogens (tertiary/aromatic N) is 1. The molecular weight excluding hydrogens is 202 g/mol. The van der Waals surface area contributed by atoms with Crippen LogP contribution in [0.15, 0.2) is 0 Å². The zero-order valence-electron chi connectivity index (χ0n) is 9.95. The Morgan fingerprint density at radius 2 is 1.94 bits per heavy atom. The molecule has 0 aromatic carbocycles. The van der Waals surface area contributed by atoms with Crippen molar-refractivity contribution in [1.82, 2.24) is 10.2 Å². The second-order valence-electron chi connectivity index (χ2n) is 5.20. The van der Waals surface area contributed by atoms with Crippen LogP contribution in [0.25, 0.3) is 0 Å². The van der Waals surface area contributed by atoms with E-state index in [2.05, 4.69) is 10.2 Å². The zero-order chi connectivity index (χ0) is 11.4. The molecule has 1 saturated carbocycles. The highest BCUT2D eigenvalue weighted by Crippen LogP contribution is 2.31. The summed E-state index contributed by atoms with van der Waals surface area (Å²) in [6.07, 6.45) is 5.93. The lowest BCUT2D eigenvalue weighted by Gasteiger charge is -2.29. The van der Waals surface area contributed by atoms with Crippen LogP contribution in [0.5, 0.6) is 0 Å². The maximum absolute atomic E-state index is 11.6. The van der Waals surface area contributed by atoms with E-state index in [4.69, 9.17) is 5.73 Å². The molecule has 1 heterocycles. The van der Waals surface area contributed by atoms with Crippen molar-refractivity contribution in [3.05, 3.63) is 0 Å². The van der Waals surface area contributed by atoms with E-state index >= 15 is 0 Å². The molecule has 1 amide bonds. The molecule has 0 radical (unpaired) electrons. The summed E-state index contributed by atoms with van der Waals surface area (Å²) in [6.45, 7) is 3.35. The van der Waals surface area contributed by atoms with Gasteiger partial charge >= 0.3 is 0 Å². The van der Waals surface area contributed by atoms with Gasteiger partial charge in [0.25, 0.3) is 0 Å². The fourth-order valence-electron chi connectivity index (χ4n) is 2.19. The SMILES string of the molecule is NC1CCN(CC(=O)NCCC2CC2)CC1. The molecule has 4 nitrogen and oxygen atoms in total. The lowest BCUT2D eigenvalue weighted by Crippen LogP contribution is -2.44. The number of rotatable bonds is 5. The van der Waals surface area contributed by atoms with Crippen molar-refractivity contribution in [3.63, 3.8) is 0 Å². The molecule has 2 fully saturated rings. The van der Waals surface area contributed by atoms with Crippen molar-refractivity contribution in [1.29, 1.82) is 0 Å². The first-order valence-electron chi connectivity index (χ1n) is 6.48. The van der Waals surface area contributed by atoms with Gasteiger partial charge in [-0.05, 0) is 25.2 Å². The highest BCUT2D eigenvalue weighted by atomic mass is 16.2. The van der Waals surface area contributed by atoms with Gasteiger partial charge in [0.15, 0.2) is 0 Å². The first-order chi connectivity index (χ1) is 7.74. The minimum absolute atomic E-state index is 0.177. The molecule has 0 bridgehead atoms. The van der Waals surface area contributed by atoms with Crippen LogP contribution in [0.1, 0.15) is 32.1 Å². The van der Waals surface area contributed by atoms with E-state index in [1.807, 2.05) is 0 Å². The normalized spacial score (nSPS) is 23.3. The van der Waals surface area contributed by atoms with Gasteiger partial charge in [0, 0.05) is 25.7 Å². The van der Waals surface area contributed by atoms with E-state index in [9.17, 15) is 4.79 Å². The van der Waals surface area contributed by atoms with Crippen LogP contribution in [0, 0.1) is 5.92 Å². The van der Waals surface area contributed by atoms with Crippen molar-refractivity contribution in [2.75, 3.05) is 26.2 Å². The molecule has 4 heteroatoms. The molecule has 0 spiro atoms. The van der Waals surface area contributed by atoms with Gasteiger partial charge in [-0.1, -0.05) is 12.8 Å². The molecule has 16 heavy (non-hydrogen) atoms. The van der Waals surface area contributed by atoms with E-state index in [0.29, 0.717) is 12.6 Å². The highest BCUT2D eigenvalue weighted by molar-refractivity contribution is 5.77. The summed E-state index contributed by atoms with van der Waals surface area (Å²) in [7, 11) is 0. The topological polar surface area (TPSA) is 58.4 Å². The Balaban J connectivity index is 1.55. The summed E-state index contributed by atoms with van der Waals surface area (Å²) in [5.41, 5.74) is 5.82. The second kappa shape index (κ2) is 5.64. The number of carbonyl (C=O) groups excluding carboxylic acids is 1. The van der Waals surface area contributed by atoms with Crippen molar-refractivity contribution in [2.24, 2.45) is 11.7 Å². The quantitative estimate of drug-likeness (QED) is 0.709. The van der Waals surface area contributed by atoms with Gasteiger partial charge in [-0.2, -0.15) is 0 Å². The Hall–Kier alpha value is -0.610. The molecule has 3 N–H and O–H groups in total. The number of nitrogens with two attached hydrogens (primary N) is 1. The van der Waals surface area contributed by atoms with Crippen LogP contribution in [0.3, 0.4) is 0 Å². The molecular formula is C12H23N3O. The lowest BCUT2D eigenvalue weighted by molar-refractivity contribution is -0.122. The van der Waals surface area contributed by atoms with E-state index in [1.165, 1.54) is 12.8 Å². The maximum atomic E-state index is 11.6. The van der Waals surface area contributed by atoms with Gasteiger partial charge in [-0.25, -0.2) is 0 Å². The molecule has 2 rings (SSSR count). The molecule has 1 saturated heterocycles. The van der Waals surface area contributed by atoms with Crippen LogP contribution in [0.2, 0.25) is 0 Å². The first-order valence-corrected chi connectivity index (χ1v) is 6.48. The Morgan fingerprint density at radius 3 is 2.56 bits per heavy atom.